The summed E-state index contributed by atoms with van der Waals surface area (Å²) in [5.41, 5.74) is 5.88. The van der Waals surface area contributed by atoms with Crippen molar-refractivity contribution in [1.82, 2.24) is 10.4 Å². The molecule has 0 aliphatic carbocycles. The molecular formula is C15H19N3O. The second-order valence-electron chi connectivity index (χ2n) is 4.44. The molecule has 0 aliphatic heterocycles. The Hall–Kier alpha value is -1.75. The molecule has 0 spiro atoms. The summed E-state index contributed by atoms with van der Waals surface area (Å²) < 4.78 is 5.60. The first-order valence-corrected chi connectivity index (χ1v) is 6.22. The SMILES string of the molecule is COC(c1ccccc1)C(NN)c1ccc(C)nc1. The lowest BCUT2D eigenvalue weighted by molar-refractivity contribution is 0.0675. The molecule has 3 N–H and O–H groups in total. The lowest BCUT2D eigenvalue weighted by atomic mass is 9.97. The van der Waals surface area contributed by atoms with Crippen LogP contribution in [0.15, 0.2) is 48.7 Å². The Kier molecular flexibility index (Phi) is 4.63. The van der Waals surface area contributed by atoms with E-state index in [1.807, 2.05) is 55.6 Å². The molecule has 2 atom stereocenters. The maximum Gasteiger partial charge on any atom is 0.103 e. The Morgan fingerprint density at radius 1 is 1.11 bits per heavy atom. The number of ether oxygens (including phenoxy) is 1. The van der Waals surface area contributed by atoms with Gasteiger partial charge < -0.3 is 4.74 Å². The van der Waals surface area contributed by atoms with Crippen molar-refractivity contribution < 1.29 is 4.74 Å². The number of methoxy groups -OCH3 is 1. The Morgan fingerprint density at radius 2 is 1.84 bits per heavy atom. The number of hydrogen-bond acceptors (Lipinski definition) is 4. The topological polar surface area (TPSA) is 60.2 Å². The quantitative estimate of drug-likeness (QED) is 0.637. The van der Waals surface area contributed by atoms with Crippen molar-refractivity contribution in [3.05, 3.63) is 65.5 Å². The van der Waals surface area contributed by atoms with E-state index in [4.69, 9.17) is 10.6 Å². The van der Waals surface area contributed by atoms with Crippen LogP contribution in [0.2, 0.25) is 0 Å². The van der Waals surface area contributed by atoms with Crippen molar-refractivity contribution in [1.29, 1.82) is 0 Å². The van der Waals surface area contributed by atoms with Crippen molar-refractivity contribution >= 4 is 0 Å². The number of hydrogen-bond donors (Lipinski definition) is 2. The monoisotopic (exact) mass is 257 g/mol. The zero-order valence-corrected chi connectivity index (χ0v) is 11.2. The van der Waals surface area contributed by atoms with Crippen LogP contribution in [0.4, 0.5) is 0 Å². The molecule has 0 aliphatic rings. The molecule has 0 amide bonds. The van der Waals surface area contributed by atoms with E-state index in [-0.39, 0.29) is 12.1 Å². The first kappa shape index (κ1) is 13.7. The minimum Gasteiger partial charge on any atom is -0.375 e. The molecule has 0 bridgehead atoms. The summed E-state index contributed by atoms with van der Waals surface area (Å²) in [5.74, 6) is 5.70. The summed E-state index contributed by atoms with van der Waals surface area (Å²) in [6, 6.07) is 13.9. The molecule has 19 heavy (non-hydrogen) atoms. The Labute approximate surface area is 113 Å². The Morgan fingerprint density at radius 3 is 2.37 bits per heavy atom. The highest BCUT2D eigenvalue weighted by Crippen LogP contribution is 2.30. The minimum atomic E-state index is -0.157. The third kappa shape index (κ3) is 3.17. The van der Waals surface area contributed by atoms with Gasteiger partial charge in [-0.1, -0.05) is 36.4 Å². The molecule has 2 rings (SSSR count). The molecule has 0 saturated heterocycles. The van der Waals surface area contributed by atoms with E-state index in [9.17, 15) is 0 Å². The van der Waals surface area contributed by atoms with Crippen LogP contribution in [0.1, 0.15) is 29.0 Å². The average Bonchev–Trinajstić information content (AvgIpc) is 2.47. The zero-order valence-electron chi connectivity index (χ0n) is 11.2. The molecule has 100 valence electrons. The number of aromatic nitrogens is 1. The molecule has 0 radical (unpaired) electrons. The van der Waals surface area contributed by atoms with Gasteiger partial charge in [-0.05, 0) is 24.1 Å². The maximum atomic E-state index is 5.70. The number of nitrogens with zero attached hydrogens (tertiary/aromatic N) is 1. The molecule has 4 nitrogen and oxygen atoms in total. The summed E-state index contributed by atoms with van der Waals surface area (Å²) in [5, 5.41) is 0. The van der Waals surface area contributed by atoms with E-state index in [0.717, 1.165) is 16.8 Å². The van der Waals surface area contributed by atoms with Crippen LogP contribution < -0.4 is 11.3 Å². The molecule has 0 fully saturated rings. The number of hydrazine groups is 1. The van der Waals surface area contributed by atoms with E-state index in [0.29, 0.717) is 0 Å². The van der Waals surface area contributed by atoms with Gasteiger partial charge in [0.1, 0.15) is 6.10 Å². The summed E-state index contributed by atoms with van der Waals surface area (Å²) in [7, 11) is 1.68. The normalized spacial score (nSPS) is 14.1. The number of benzene rings is 1. The average molecular weight is 257 g/mol. The standard InChI is InChI=1S/C15H19N3O/c1-11-8-9-13(10-17-11)14(18-16)15(19-2)12-6-4-3-5-7-12/h3-10,14-15,18H,16H2,1-2H3. The third-order valence-electron chi connectivity index (χ3n) is 3.16. The van der Waals surface area contributed by atoms with Crippen molar-refractivity contribution in [2.75, 3.05) is 7.11 Å². The van der Waals surface area contributed by atoms with Crippen molar-refractivity contribution in [3.8, 4) is 0 Å². The highest BCUT2D eigenvalue weighted by molar-refractivity contribution is 5.25. The highest BCUT2D eigenvalue weighted by atomic mass is 16.5. The van der Waals surface area contributed by atoms with Gasteiger partial charge in [0.15, 0.2) is 0 Å². The molecule has 4 heteroatoms. The molecular weight excluding hydrogens is 238 g/mol. The van der Waals surface area contributed by atoms with Gasteiger partial charge in [-0.15, -0.1) is 0 Å². The Balaban J connectivity index is 2.31. The van der Waals surface area contributed by atoms with Gasteiger partial charge in [0.25, 0.3) is 0 Å². The highest BCUT2D eigenvalue weighted by Gasteiger charge is 2.23. The number of pyridine rings is 1. The van der Waals surface area contributed by atoms with Crippen molar-refractivity contribution in [2.45, 2.75) is 19.1 Å². The largest absolute Gasteiger partial charge is 0.375 e. The number of aryl methyl sites for hydroxylation is 1. The van der Waals surface area contributed by atoms with Gasteiger partial charge in [-0.25, -0.2) is 5.43 Å². The fourth-order valence-corrected chi connectivity index (χ4v) is 2.13. The summed E-state index contributed by atoms with van der Waals surface area (Å²) in [6.07, 6.45) is 1.67. The summed E-state index contributed by atoms with van der Waals surface area (Å²) in [6.45, 7) is 1.96. The van der Waals surface area contributed by atoms with Gasteiger partial charge in [-0.2, -0.15) is 0 Å². The van der Waals surface area contributed by atoms with Gasteiger partial charge >= 0.3 is 0 Å². The fourth-order valence-electron chi connectivity index (χ4n) is 2.13. The zero-order chi connectivity index (χ0) is 13.7. The Bertz CT molecular complexity index is 499. The van der Waals surface area contributed by atoms with Crippen LogP contribution >= 0.6 is 0 Å². The number of nitrogens with two attached hydrogens (primary N) is 1. The number of nitrogens with one attached hydrogen (secondary N) is 1. The van der Waals surface area contributed by atoms with E-state index in [1.165, 1.54) is 0 Å². The molecule has 2 unspecified atom stereocenters. The molecule has 1 heterocycles. The fraction of sp³-hybridized carbons (Fsp3) is 0.267. The second kappa shape index (κ2) is 6.43. The summed E-state index contributed by atoms with van der Waals surface area (Å²) in [4.78, 5) is 4.31. The van der Waals surface area contributed by atoms with E-state index in [2.05, 4.69) is 10.4 Å². The van der Waals surface area contributed by atoms with Crippen LogP contribution in [0, 0.1) is 6.92 Å². The molecule has 2 aromatic rings. The van der Waals surface area contributed by atoms with E-state index >= 15 is 0 Å². The number of rotatable bonds is 5. The molecule has 0 saturated carbocycles. The smallest absolute Gasteiger partial charge is 0.103 e. The summed E-state index contributed by atoms with van der Waals surface area (Å²) >= 11 is 0. The van der Waals surface area contributed by atoms with Gasteiger partial charge in [0, 0.05) is 19.0 Å². The van der Waals surface area contributed by atoms with Crippen molar-refractivity contribution in [2.24, 2.45) is 5.84 Å². The van der Waals surface area contributed by atoms with Gasteiger partial charge in [-0.3, -0.25) is 10.8 Å². The van der Waals surface area contributed by atoms with E-state index in [1.54, 1.807) is 7.11 Å². The first-order chi connectivity index (χ1) is 9.26. The van der Waals surface area contributed by atoms with Gasteiger partial charge in [0.2, 0.25) is 0 Å². The second-order valence-corrected chi connectivity index (χ2v) is 4.44. The van der Waals surface area contributed by atoms with Crippen LogP contribution in [0.5, 0.6) is 0 Å². The van der Waals surface area contributed by atoms with Crippen LogP contribution in [-0.4, -0.2) is 12.1 Å². The predicted octanol–water partition coefficient (Wildman–Crippen LogP) is 2.28. The molecule has 1 aromatic heterocycles. The van der Waals surface area contributed by atoms with E-state index < -0.39 is 0 Å². The minimum absolute atomic E-state index is 0.138. The van der Waals surface area contributed by atoms with Crippen molar-refractivity contribution in [3.63, 3.8) is 0 Å². The van der Waals surface area contributed by atoms with Gasteiger partial charge in [0.05, 0.1) is 6.04 Å². The maximum absolute atomic E-state index is 5.70. The predicted molar refractivity (Wildman–Crippen MR) is 75.2 cm³/mol. The molecule has 1 aromatic carbocycles. The lowest BCUT2D eigenvalue weighted by Gasteiger charge is -2.26. The van der Waals surface area contributed by atoms with Crippen LogP contribution in [0.3, 0.4) is 0 Å². The van der Waals surface area contributed by atoms with Crippen LogP contribution in [-0.2, 0) is 4.74 Å². The third-order valence-corrected chi connectivity index (χ3v) is 3.16. The van der Waals surface area contributed by atoms with Crippen LogP contribution in [0.25, 0.3) is 0 Å². The first-order valence-electron chi connectivity index (χ1n) is 6.22. The lowest BCUT2D eigenvalue weighted by Crippen LogP contribution is -2.33.